The van der Waals surface area contributed by atoms with Crippen LogP contribution in [0.3, 0.4) is 0 Å². The number of halogens is 5. The molecule has 5 heterocycles. The van der Waals surface area contributed by atoms with Gasteiger partial charge in [0.05, 0.1) is 0 Å². The van der Waals surface area contributed by atoms with Gasteiger partial charge in [-0.25, -0.2) is 0 Å². The van der Waals surface area contributed by atoms with E-state index in [-0.39, 0.29) is 9.44 Å². The van der Waals surface area contributed by atoms with Crippen LogP contribution in [0.5, 0.6) is 5.88 Å². The topological polar surface area (TPSA) is 94.6 Å². The number of methoxy groups -OCH3 is 1. The summed E-state index contributed by atoms with van der Waals surface area (Å²) in [4.78, 5) is 6.68. The molecular formula is C23H24F4IN8O2-. The first kappa shape index (κ1) is 25.5. The van der Waals surface area contributed by atoms with Gasteiger partial charge in [0.2, 0.25) is 0 Å². The summed E-state index contributed by atoms with van der Waals surface area (Å²) in [5.74, 6) is 0.638. The third-order valence-corrected chi connectivity index (χ3v) is 9.73. The molecule has 0 saturated carbocycles. The van der Waals surface area contributed by atoms with Crippen LogP contribution in [0.25, 0.3) is 27.7 Å². The molecule has 6 rings (SSSR count). The van der Waals surface area contributed by atoms with Gasteiger partial charge in [-0.2, -0.15) is 13.2 Å². The molecule has 3 aromatic heterocycles. The number of hydrogen-bond donors (Lipinski definition) is 1. The molecule has 0 spiro atoms. The Morgan fingerprint density at radius 3 is 2.79 bits per heavy atom. The fourth-order valence-corrected chi connectivity index (χ4v) is 6.85. The van der Waals surface area contributed by atoms with Crippen molar-refractivity contribution in [1.82, 2.24) is 34.5 Å². The molecule has 2 aliphatic rings. The van der Waals surface area contributed by atoms with Gasteiger partial charge >= 0.3 is 212 Å². The first-order valence-electron chi connectivity index (χ1n) is 12.0. The van der Waals surface area contributed by atoms with Crippen molar-refractivity contribution in [3.05, 3.63) is 30.5 Å². The van der Waals surface area contributed by atoms with Gasteiger partial charge in [0.15, 0.2) is 0 Å². The number of likely N-dealkylation sites (tertiary alicyclic amines) is 1. The molecule has 10 nitrogen and oxygen atoms in total. The van der Waals surface area contributed by atoms with Crippen LogP contribution in [0.2, 0.25) is 0 Å². The Labute approximate surface area is 224 Å². The predicted octanol–water partition coefficient (Wildman–Crippen LogP) is -0.0610. The average Bonchev–Trinajstić information content (AvgIpc) is 3.45. The monoisotopic (exact) mass is 647 g/mol. The second-order valence-corrected chi connectivity index (χ2v) is 12.0. The number of ether oxygens (including phenoxy) is 2. The number of fused-ring (bicyclic) bond motifs is 2. The molecule has 204 valence electrons. The number of anilines is 1. The normalized spacial score (nSPS) is 21.3. The van der Waals surface area contributed by atoms with Crippen LogP contribution in [-0.4, -0.2) is 90.2 Å². The van der Waals surface area contributed by atoms with E-state index in [1.165, 1.54) is 7.11 Å². The van der Waals surface area contributed by atoms with Crippen molar-refractivity contribution in [2.75, 3.05) is 36.9 Å². The van der Waals surface area contributed by atoms with E-state index in [2.05, 4.69) is 28.8 Å². The Kier molecular flexibility index (Phi) is 6.75. The molecule has 1 unspecified atom stereocenters. The van der Waals surface area contributed by atoms with Crippen LogP contribution in [0.1, 0.15) is 6.42 Å². The number of nitrogens with zero attached hydrogens (tertiary/aromatic N) is 7. The van der Waals surface area contributed by atoms with E-state index in [1.807, 2.05) is 0 Å². The second kappa shape index (κ2) is 10.1. The van der Waals surface area contributed by atoms with Gasteiger partial charge in [-0.3, -0.25) is 0 Å². The van der Waals surface area contributed by atoms with Crippen LogP contribution in [0.4, 0.5) is 23.5 Å². The zero-order chi connectivity index (χ0) is 26.4. The molecule has 0 radical (unpaired) electrons. The molecule has 2 fully saturated rings. The third-order valence-electron chi connectivity index (χ3n) is 6.74. The van der Waals surface area contributed by atoms with Gasteiger partial charge in [0.1, 0.15) is 0 Å². The van der Waals surface area contributed by atoms with Crippen LogP contribution in [-0.2, 0) is 11.3 Å². The molecule has 38 heavy (non-hydrogen) atoms. The van der Waals surface area contributed by atoms with Crippen molar-refractivity contribution in [3.8, 4) is 17.0 Å². The SMILES string of the molecule is COc1nc(N[I-]C2CCN(C3COC3)C[C@H]2F)nn2ccc(-c3ccc4nnn(CC(F)(F)F)c4c3)c12. The van der Waals surface area contributed by atoms with E-state index in [9.17, 15) is 17.6 Å². The van der Waals surface area contributed by atoms with Crippen molar-refractivity contribution in [2.45, 2.75) is 35.3 Å². The van der Waals surface area contributed by atoms with E-state index in [0.29, 0.717) is 59.8 Å². The molecule has 1 aromatic carbocycles. The second-order valence-electron chi connectivity index (χ2n) is 9.24. The summed E-state index contributed by atoms with van der Waals surface area (Å²) < 4.78 is 70.2. The quantitative estimate of drug-likeness (QED) is 0.129. The zero-order valence-corrected chi connectivity index (χ0v) is 22.4. The first-order valence-corrected chi connectivity index (χ1v) is 14.3. The molecule has 0 amide bonds. The fourth-order valence-electron chi connectivity index (χ4n) is 4.73. The van der Waals surface area contributed by atoms with Gasteiger partial charge in [-0.1, -0.05) is 0 Å². The molecule has 0 aliphatic carbocycles. The van der Waals surface area contributed by atoms with Crippen molar-refractivity contribution < 1.29 is 48.5 Å². The molecular weight excluding hydrogens is 623 g/mol. The maximum atomic E-state index is 14.9. The van der Waals surface area contributed by atoms with Crippen molar-refractivity contribution in [1.29, 1.82) is 0 Å². The minimum absolute atomic E-state index is 0.0570. The first-order chi connectivity index (χ1) is 18.3. The minimum atomic E-state index is -4.42. The molecule has 2 aliphatic heterocycles. The van der Waals surface area contributed by atoms with Gasteiger partial charge in [-0.05, 0) is 0 Å². The summed E-state index contributed by atoms with van der Waals surface area (Å²) in [6, 6.07) is 7.11. The summed E-state index contributed by atoms with van der Waals surface area (Å²) in [7, 11) is 1.49. The van der Waals surface area contributed by atoms with Gasteiger partial charge in [-0.15, -0.1) is 0 Å². The molecule has 2 atom stereocenters. The standard InChI is InChI=1S/C23H24F4IN8O2/c1-37-21-20-15(13-2-3-18-19(8-13)36(33-31-18)12-23(25,26)27)4-7-35(20)32-22(29-21)30-28-17-5-6-34(9-16(17)24)14-10-38-11-14/h2-4,7-8,14,16-17H,5-6,9-12H2,1H3,(H,30,32)/q-1/t16-,17?/m1/s1. The zero-order valence-electron chi connectivity index (χ0n) is 20.2. The van der Waals surface area contributed by atoms with E-state index in [1.54, 1.807) is 35.0 Å². The molecule has 4 aromatic rings. The molecule has 1 N–H and O–H groups in total. The van der Waals surface area contributed by atoms with Crippen LogP contribution >= 0.6 is 0 Å². The summed E-state index contributed by atoms with van der Waals surface area (Å²) in [6.45, 7) is 1.40. The summed E-state index contributed by atoms with van der Waals surface area (Å²) >= 11 is -0.769. The van der Waals surface area contributed by atoms with Crippen molar-refractivity contribution >= 4 is 22.5 Å². The van der Waals surface area contributed by atoms with E-state index < -0.39 is 40.4 Å². The van der Waals surface area contributed by atoms with E-state index >= 15 is 0 Å². The Bertz CT molecular complexity index is 1460. The maximum absolute atomic E-state index is 14.9. The third kappa shape index (κ3) is 4.98. The number of nitrogens with one attached hydrogen (secondary N) is 1. The number of hydrogen-bond acceptors (Lipinski definition) is 8. The van der Waals surface area contributed by atoms with Crippen molar-refractivity contribution in [2.24, 2.45) is 0 Å². The van der Waals surface area contributed by atoms with Crippen LogP contribution in [0, 0.1) is 0 Å². The summed E-state index contributed by atoms with van der Waals surface area (Å²) in [6.07, 6.45) is -2.84. The predicted molar refractivity (Wildman–Crippen MR) is 125 cm³/mol. The fraction of sp³-hybridized carbons (Fsp3) is 0.478. The Hall–Kier alpha value is -2.79. The Morgan fingerprint density at radius 2 is 2.08 bits per heavy atom. The van der Waals surface area contributed by atoms with Gasteiger partial charge in [0.25, 0.3) is 0 Å². The van der Waals surface area contributed by atoms with E-state index in [0.717, 1.165) is 17.6 Å². The number of rotatable bonds is 7. The number of benzene rings is 1. The molecule has 0 bridgehead atoms. The number of aromatic nitrogens is 6. The number of alkyl halides is 5. The van der Waals surface area contributed by atoms with Gasteiger partial charge in [0, 0.05) is 0 Å². The average molecular weight is 647 g/mol. The van der Waals surface area contributed by atoms with E-state index in [4.69, 9.17) is 9.47 Å². The van der Waals surface area contributed by atoms with Gasteiger partial charge < -0.3 is 0 Å². The van der Waals surface area contributed by atoms with Crippen molar-refractivity contribution in [3.63, 3.8) is 0 Å². The number of piperidine rings is 1. The Balaban J connectivity index is 1.23. The molecule has 15 heteroatoms. The summed E-state index contributed by atoms with van der Waals surface area (Å²) in [5, 5.41) is 12.0. The summed E-state index contributed by atoms with van der Waals surface area (Å²) in [5.41, 5.74) is 2.51. The Morgan fingerprint density at radius 1 is 1.24 bits per heavy atom. The van der Waals surface area contributed by atoms with Crippen LogP contribution in [0.15, 0.2) is 30.5 Å². The molecule has 2 saturated heterocycles. The van der Waals surface area contributed by atoms with Crippen LogP contribution < -0.4 is 29.7 Å².